The minimum absolute atomic E-state index is 0.0335. The number of rotatable bonds is 10. The summed E-state index contributed by atoms with van der Waals surface area (Å²) in [6, 6.07) is 14.0. The summed E-state index contributed by atoms with van der Waals surface area (Å²) in [5.41, 5.74) is 1.62. The van der Waals surface area contributed by atoms with Crippen molar-refractivity contribution in [2.24, 2.45) is 0 Å². The number of hydrogen-bond acceptors (Lipinski definition) is 6. The zero-order valence-electron chi connectivity index (χ0n) is 17.9. The molecule has 0 aliphatic heterocycles. The number of hydrogen-bond donors (Lipinski definition) is 2. The molecule has 9 heteroatoms. The van der Waals surface area contributed by atoms with E-state index < -0.39 is 0 Å². The second kappa shape index (κ2) is 10.4. The summed E-state index contributed by atoms with van der Waals surface area (Å²) in [4.78, 5) is 32.9. The van der Waals surface area contributed by atoms with Gasteiger partial charge in [0.1, 0.15) is 11.4 Å². The molecule has 2 aromatic heterocycles. The van der Waals surface area contributed by atoms with Crippen LogP contribution in [0.3, 0.4) is 0 Å². The van der Waals surface area contributed by atoms with Crippen LogP contribution < -0.4 is 10.6 Å². The maximum absolute atomic E-state index is 12.3. The smallest absolute Gasteiger partial charge is 0.272 e. The Hall–Kier alpha value is -3.20. The Labute approximate surface area is 191 Å². The quantitative estimate of drug-likeness (QED) is 0.364. The van der Waals surface area contributed by atoms with E-state index in [1.807, 2.05) is 25.1 Å². The number of carbonyl (C=O) groups excluding carboxylic acids is 2. The van der Waals surface area contributed by atoms with Crippen LogP contribution in [0.2, 0.25) is 0 Å². The maximum Gasteiger partial charge on any atom is 0.272 e. The zero-order valence-corrected chi connectivity index (χ0v) is 18.7. The molecule has 2 heterocycles. The number of aromatic nitrogens is 4. The van der Waals surface area contributed by atoms with E-state index in [4.69, 9.17) is 0 Å². The Morgan fingerprint density at radius 1 is 1.19 bits per heavy atom. The molecule has 32 heavy (non-hydrogen) atoms. The Balaban J connectivity index is 1.26. The third-order valence-corrected chi connectivity index (χ3v) is 5.99. The molecular weight excluding hydrogens is 424 g/mol. The second-order valence-corrected chi connectivity index (χ2v) is 8.88. The number of nitrogens with one attached hydrogen (secondary N) is 2. The molecular formula is C23H26N6O2S. The van der Waals surface area contributed by atoms with Crippen LogP contribution in [0.5, 0.6) is 0 Å². The molecule has 0 bridgehead atoms. The summed E-state index contributed by atoms with van der Waals surface area (Å²) in [5.74, 6) is 0.603. The normalized spacial score (nSPS) is 14.0. The first-order valence-corrected chi connectivity index (χ1v) is 11.7. The maximum atomic E-state index is 12.3. The molecule has 2 amide bonds. The van der Waals surface area contributed by atoms with Crippen molar-refractivity contribution in [2.75, 3.05) is 5.75 Å². The van der Waals surface area contributed by atoms with Crippen molar-refractivity contribution in [3.63, 3.8) is 0 Å². The highest BCUT2D eigenvalue weighted by Gasteiger charge is 2.24. The lowest BCUT2D eigenvalue weighted by Crippen LogP contribution is -2.34. The van der Waals surface area contributed by atoms with E-state index in [1.165, 1.54) is 23.7 Å². The predicted molar refractivity (Wildman–Crippen MR) is 123 cm³/mol. The number of nitrogens with zero attached hydrogens (tertiary/aromatic N) is 4. The average Bonchev–Trinajstić information content (AvgIpc) is 3.48. The van der Waals surface area contributed by atoms with Gasteiger partial charge in [-0.25, -0.2) is 14.6 Å². The van der Waals surface area contributed by atoms with Gasteiger partial charge in [-0.15, -0.1) is 0 Å². The lowest BCUT2D eigenvalue weighted by atomic mass is 10.1. The van der Waals surface area contributed by atoms with Crippen LogP contribution in [-0.4, -0.2) is 49.4 Å². The summed E-state index contributed by atoms with van der Waals surface area (Å²) in [7, 11) is 0. The minimum Gasteiger partial charge on any atom is -0.353 e. The molecule has 1 atom stereocenters. The van der Waals surface area contributed by atoms with E-state index >= 15 is 0 Å². The Bertz CT molecular complexity index is 1070. The van der Waals surface area contributed by atoms with Gasteiger partial charge in [-0.1, -0.05) is 42.1 Å². The monoisotopic (exact) mass is 450 g/mol. The molecule has 4 rings (SSSR count). The van der Waals surface area contributed by atoms with E-state index in [1.54, 1.807) is 23.0 Å². The van der Waals surface area contributed by atoms with Crippen LogP contribution in [0.15, 0.2) is 60.0 Å². The van der Waals surface area contributed by atoms with Crippen LogP contribution in [0.1, 0.15) is 42.2 Å². The van der Waals surface area contributed by atoms with Gasteiger partial charge in [0.05, 0.1) is 5.75 Å². The molecule has 0 spiro atoms. The average molecular weight is 451 g/mol. The molecule has 0 radical (unpaired) electrons. The SMILES string of the molecule is C[C@H](CCc1ccccc1)NC(=O)CSc1cc(-n2ccc(C(=O)NC3CC3)n2)ncn1. The highest BCUT2D eigenvalue weighted by molar-refractivity contribution is 7.99. The summed E-state index contributed by atoms with van der Waals surface area (Å²) in [6.45, 7) is 2.02. The van der Waals surface area contributed by atoms with Crippen LogP contribution >= 0.6 is 11.8 Å². The van der Waals surface area contributed by atoms with Crippen molar-refractivity contribution >= 4 is 23.6 Å². The van der Waals surface area contributed by atoms with Gasteiger partial charge in [-0.05, 0) is 44.2 Å². The van der Waals surface area contributed by atoms with Gasteiger partial charge in [0.15, 0.2) is 11.5 Å². The highest BCUT2D eigenvalue weighted by atomic mass is 32.2. The third kappa shape index (κ3) is 6.40. The number of thioether (sulfide) groups is 1. The fourth-order valence-electron chi connectivity index (χ4n) is 3.15. The molecule has 0 saturated heterocycles. The Kier molecular flexibility index (Phi) is 7.16. The summed E-state index contributed by atoms with van der Waals surface area (Å²) in [6.07, 6.45) is 6.99. The highest BCUT2D eigenvalue weighted by Crippen LogP contribution is 2.20. The molecule has 3 aromatic rings. The fraction of sp³-hybridized carbons (Fsp3) is 0.348. The molecule has 1 aromatic carbocycles. The molecule has 8 nitrogen and oxygen atoms in total. The van der Waals surface area contributed by atoms with Crippen molar-refractivity contribution in [1.82, 2.24) is 30.4 Å². The van der Waals surface area contributed by atoms with Gasteiger partial charge in [0, 0.05) is 24.3 Å². The van der Waals surface area contributed by atoms with Crippen molar-refractivity contribution < 1.29 is 9.59 Å². The van der Waals surface area contributed by atoms with Crippen LogP contribution in [0.25, 0.3) is 5.82 Å². The first kappa shape index (κ1) is 22.0. The largest absolute Gasteiger partial charge is 0.353 e. The number of benzene rings is 1. The Morgan fingerprint density at radius 2 is 2.00 bits per heavy atom. The standard InChI is InChI=1S/C23H26N6O2S/c1-16(7-8-17-5-3-2-4-6-17)26-21(30)14-32-22-13-20(24-15-25-22)29-12-11-19(28-29)23(31)27-18-9-10-18/h2-6,11-13,15-16,18H,7-10,14H2,1H3,(H,26,30)(H,27,31)/t16-/m1/s1. The second-order valence-electron chi connectivity index (χ2n) is 7.89. The Morgan fingerprint density at radius 3 is 2.78 bits per heavy atom. The van der Waals surface area contributed by atoms with Crippen LogP contribution in [0.4, 0.5) is 0 Å². The topological polar surface area (TPSA) is 102 Å². The number of amides is 2. The van der Waals surface area contributed by atoms with Crippen LogP contribution in [0, 0.1) is 0 Å². The van der Waals surface area contributed by atoms with Crippen molar-refractivity contribution in [2.45, 2.75) is 49.7 Å². The van der Waals surface area contributed by atoms with Crippen molar-refractivity contribution in [1.29, 1.82) is 0 Å². The predicted octanol–water partition coefficient (Wildman–Crippen LogP) is 2.78. The lowest BCUT2D eigenvalue weighted by Gasteiger charge is -2.13. The van der Waals surface area contributed by atoms with E-state index in [9.17, 15) is 9.59 Å². The number of aryl methyl sites for hydroxylation is 1. The van der Waals surface area contributed by atoms with Gasteiger partial charge in [-0.2, -0.15) is 5.10 Å². The third-order valence-electron chi connectivity index (χ3n) is 5.06. The summed E-state index contributed by atoms with van der Waals surface area (Å²) in [5, 5.41) is 10.9. The van der Waals surface area contributed by atoms with Gasteiger partial charge in [0.2, 0.25) is 5.91 Å². The molecule has 1 aliphatic rings. The van der Waals surface area contributed by atoms with Gasteiger partial charge >= 0.3 is 0 Å². The number of carbonyl (C=O) groups is 2. The molecule has 1 saturated carbocycles. The molecule has 0 unspecified atom stereocenters. The van der Waals surface area contributed by atoms with Crippen LogP contribution in [-0.2, 0) is 11.2 Å². The van der Waals surface area contributed by atoms with E-state index in [0.29, 0.717) is 16.5 Å². The first-order valence-electron chi connectivity index (χ1n) is 10.7. The zero-order chi connectivity index (χ0) is 22.3. The summed E-state index contributed by atoms with van der Waals surface area (Å²) < 4.78 is 1.54. The molecule has 166 valence electrons. The first-order chi connectivity index (χ1) is 15.6. The molecule has 1 aliphatic carbocycles. The fourth-order valence-corrected chi connectivity index (χ4v) is 3.82. The van der Waals surface area contributed by atoms with Gasteiger partial charge in [-0.3, -0.25) is 9.59 Å². The van der Waals surface area contributed by atoms with E-state index in [0.717, 1.165) is 25.7 Å². The molecule has 1 fully saturated rings. The van der Waals surface area contributed by atoms with E-state index in [-0.39, 0.29) is 29.7 Å². The van der Waals surface area contributed by atoms with Gasteiger partial charge < -0.3 is 10.6 Å². The van der Waals surface area contributed by atoms with Gasteiger partial charge in [0.25, 0.3) is 5.91 Å². The van der Waals surface area contributed by atoms with Crippen molar-refractivity contribution in [3.05, 3.63) is 66.2 Å². The van der Waals surface area contributed by atoms with Crippen molar-refractivity contribution in [3.8, 4) is 5.82 Å². The summed E-state index contributed by atoms with van der Waals surface area (Å²) >= 11 is 1.34. The molecule has 2 N–H and O–H groups in total. The van der Waals surface area contributed by atoms with E-state index in [2.05, 4.69) is 37.8 Å². The lowest BCUT2D eigenvalue weighted by molar-refractivity contribution is -0.119. The minimum atomic E-state index is -0.173.